The molecule has 0 atom stereocenters. The van der Waals surface area contributed by atoms with Gasteiger partial charge in [0.15, 0.2) is 5.60 Å². The van der Waals surface area contributed by atoms with E-state index in [0.29, 0.717) is 30.8 Å². The maximum atomic E-state index is 13.3. The monoisotopic (exact) mass is 549 g/mol. The number of unbranched alkanes of at least 4 members (excludes halogenated alkanes) is 3. The van der Waals surface area contributed by atoms with E-state index in [4.69, 9.17) is 9.47 Å². The van der Waals surface area contributed by atoms with Crippen LogP contribution in [0.1, 0.15) is 76.6 Å². The molecule has 1 heterocycles. The number of aryl methyl sites for hydroxylation is 4. The Hall–Kier alpha value is -3.68. The number of hydrogen-bond acceptors (Lipinski definition) is 6. The Morgan fingerprint density at radius 2 is 1.52 bits per heavy atom. The van der Waals surface area contributed by atoms with Crippen molar-refractivity contribution in [2.75, 3.05) is 6.61 Å². The van der Waals surface area contributed by atoms with E-state index in [1.807, 2.05) is 30.3 Å². The topological polar surface area (TPSA) is 92.4 Å². The van der Waals surface area contributed by atoms with E-state index in [-0.39, 0.29) is 24.4 Å². The smallest absolute Gasteiger partial charge is 0.349 e. The highest BCUT2D eigenvalue weighted by Gasteiger charge is 2.31. The molecule has 3 aromatic rings. The summed E-state index contributed by atoms with van der Waals surface area (Å²) in [6, 6.07) is 17.5. The summed E-state index contributed by atoms with van der Waals surface area (Å²) >= 11 is 0. The van der Waals surface area contributed by atoms with Gasteiger partial charge in [0, 0.05) is 13.1 Å². The lowest BCUT2D eigenvalue weighted by molar-refractivity contribution is -0.158. The van der Waals surface area contributed by atoms with Crippen LogP contribution < -0.4 is 16.0 Å². The van der Waals surface area contributed by atoms with Crippen molar-refractivity contribution >= 4 is 5.97 Å². The summed E-state index contributed by atoms with van der Waals surface area (Å²) < 4.78 is 13.7. The van der Waals surface area contributed by atoms with Gasteiger partial charge in [-0.05, 0) is 76.1 Å². The van der Waals surface area contributed by atoms with Crippen LogP contribution in [0.3, 0.4) is 0 Å². The molecular formula is C32H43N3O5. The molecular weight excluding hydrogens is 506 g/mol. The molecule has 0 N–H and O–H groups in total. The third-order valence-electron chi connectivity index (χ3n) is 6.82. The summed E-state index contributed by atoms with van der Waals surface area (Å²) in [7, 11) is 0. The molecule has 0 spiro atoms. The largest absolute Gasteiger partial charge is 0.476 e. The standard InChI is InChI=1S/C32H43N3O5/c1-5-7-8-12-17-28-29(36)34(31(38)35(33-28)23-13-16-25-14-10-9-11-15-25)24-22-26-18-20-27(21-19-26)40-32(3,4)30(37)39-6-2/h9-11,14-15,18-21H,5-8,12-13,16-17,22-24H2,1-4H3. The van der Waals surface area contributed by atoms with Gasteiger partial charge in [0.25, 0.3) is 5.56 Å². The Morgan fingerprint density at radius 1 is 0.825 bits per heavy atom. The average Bonchev–Trinajstić information content (AvgIpc) is 2.94. The van der Waals surface area contributed by atoms with Crippen LogP contribution in [0, 0.1) is 0 Å². The lowest BCUT2D eigenvalue weighted by Crippen LogP contribution is -2.44. The zero-order chi connectivity index (χ0) is 29.0. The lowest BCUT2D eigenvalue weighted by Gasteiger charge is -2.24. The fourth-order valence-electron chi connectivity index (χ4n) is 4.52. The van der Waals surface area contributed by atoms with Crippen molar-refractivity contribution in [1.29, 1.82) is 0 Å². The zero-order valence-electron chi connectivity index (χ0n) is 24.4. The van der Waals surface area contributed by atoms with E-state index in [1.165, 1.54) is 14.8 Å². The van der Waals surface area contributed by atoms with Gasteiger partial charge < -0.3 is 9.47 Å². The predicted molar refractivity (Wildman–Crippen MR) is 157 cm³/mol. The van der Waals surface area contributed by atoms with Crippen molar-refractivity contribution in [2.45, 2.75) is 97.8 Å². The molecule has 0 amide bonds. The van der Waals surface area contributed by atoms with Gasteiger partial charge in [-0.1, -0.05) is 68.7 Å². The average molecular weight is 550 g/mol. The van der Waals surface area contributed by atoms with Crippen LogP contribution in [0.2, 0.25) is 0 Å². The van der Waals surface area contributed by atoms with Crippen molar-refractivity contribution in [1.82, 2.24) is 14.3 Å². The molecule has 0 aliphatic heterocycles. The molecule has 8 nitrogen and oxygen atoms in total. The number of nitrogens with zero attached hydrogens (tertiary/aromatic N) is 3. The summed E-state index contributed by atoms with van der Waals surface area (Å²) in [6.45, 7) is 8.24. The molecule has 0 bridgehead atoms. The zero-order valence-corrected chi connectivity index (χ0v) is 24.4. The quantitative estimate of drug-likeness (QED) is 0.182. The van der Waals surface area contributed by atoms with Crippen LogP contribution >= 0.6 is 0 Å². The molecule has 0 fully saturated rings. The van der Waals surface area contributed by atoms with E-state index in [9.17, 15) is 14.4 Å². The highest BCUT2D eigenvalue weighted by atomic mass is 16.6. The number of rotatable bonds is 16. The minimum absolute atomic E-state index is 0.259. The Labute approximate surface area is 237 Å². The van der Waals surface area contributed by atoms with Crippen LogP contribution in [0.25, 0.3) is 0 Å². The van der Waals surface area contributed by atoms with Crippen molar-refractivity contribution in [2.24, 2.45) is 0 Å². The van der Waals surface area contributed by atoms with Crippen LogP contribution in [-0.4, -0.2) is 32.5 Å². The molecule has 0 aliphatic carbocycles. The van der Waals surface area contributed by atoms with E-state index in [1.54, 1.807) is 32.9 Å². The van der Waals surface area contributed by atoms with Gasteiger partial charge in [0.2, 0.25) is 0 Å². The third-order valence-corrected chi connectivity index (χ3v) is 6.82. The van der Waals surface area contributed by atoms with E-state index >= 15 is 0 Å². The number of benzene rings is 2. The normalized spacial score (nSPS) is 11.4. The first-order chi connectivity index (χ1) is 19.2. The van der Waals surface area contributed by atoms with Gasteiger partial charge in [-0.25, -0.2) is 14.3 Å². The predicted octanol–water partition coefficient (Wildman–Crippen LogP) is 5.12. The van der Waals surface area contributed by atoms with Crippen molar-refractivity contribution in [3.63, 3.8) is 0 Å². The Morgan fingerprint density at radius 3 is 2.20 bits per heavy atom. The van der Waals surface area contributed by atoms with Crippen molar-refractivity contribution < 1.29 is 14.3 Å². The number of aromatic nitrogens is 3. The van der Waals surface area contributed by atoms with Gasteiger partial charge in [0.05, 0.1) is 6.61 Å². The maximum absolute atomic E-state index is 13.3. The Kier molecular flexibility index (Phi) is 11.7. The van der Waals surface area contributed by atoms with Gasteiger partial charge in [-0.3, -0.25) is 9.36 Å². The lowest BCUT2D eigenvalue weighted by atomic mass is 10.1. The molecule has 216 valence electrons. The minimum atomic E-state index is -1.11. The molecule has 40 heavy (non-hydrogen) atoms. The number of ether oxygens (including phenoxy) is 2. The molecule has 8 heteroatoms. The molecule has 2 aromatic carbocycles. The number of carbonyl (C=O) groups is 1. The van der Waals surface area contributed by atoms with Crippen LogP contribution in [0.4, 0.5) is 0 Å². The maximum Gasteiger partial charge on any atom is 0.349 e. The number of esters is 1. The molecule has 0 saturated carbocycles. The fraction of sp³-hybridized carbons (Fsp3) is 0.500. The first kappa shape index (κ1) is 30.9. The summed E-state index contributed by atoms with van der Waals surface area (Å²) in [6.07, 6.45) is 6.80. The summed E-state index contributed by atoms with van der Waals surface area (Å²) in [4.78, 5) is 38.7. The van der Waals surface area contributed by atoms with Crippen molar-refractivity contribution in [3.8, 4) is 5.75 Å². The highest BCUT2D eigenvalue weighted by Crippen LogP contribution is 2.20. The number of carbonyl (C=O) groups excluding carboxylic acids is 1. The van der Waals surface area contributed by atoms with Gasteiger partial charge in [-0.2, -0.15) is 5.10 Å². The van der Waals surface area contributed by atoms with Crippen LogP contribution in [0.15, 0.2) is 64.2 Å². The Bertz CT molecular complexity index is 1330. The van der Waals surface area contributed by atoms with Gasteiger partial charge in [0.1, 0.15) is 11.4 Å². The molecule has 0 unspecified atom stereocenters. The third kappa shape index (κ3) is 8.93. The summed E-state index contributed by atoms with van der Waals surface area (Å²) in [5.74, 6) is 0.111. The minimum Gasteiger partial charge on any atom is -0.476 e. The second-order valence-electron chi connectivity index (χ2n) is 10.5. The van der Waals surface area contributed by atoms with E-state index in [0.717, 1.165) is 44.1 Å². The second kappa shape index (κ2) is 15.2. The van der Waals surface area contributed by atoms with Crippen LogP contribution in [-0.2, 0) is 41.9 Å². The second-order valence-corrected chi connectivity index (χ2v) is 10.5. The van der Waals surface area contributed by atoms with Gasteiger partial charge in [-0.15, -0.1) is 0 Å². The van der Waals surface area contributed by atoms with Gasteiger partial charge >= 0.3 is 11.7 Å². The Balaban J connectivity index is 1.73. The molecule has 1 aromatic heterocycles. The first-order valence-electron chi connectivity index (χ1n) is 14.4. The molecule has 0 aliphatic rings. The molecule has 3 rings (SSSR count). The first-order valence-corrected chi connectivity index (χ1v) is 14.4. The molecule has 0 radical (unpaired) electrons. The van der Waals surface area contributed by atoms with Crippen LogP contribution in [0.5, 0.6) is 5.75 Å². The summed E-state index contributed by atoms with van der Waals surface area (Å²) in [5, 5.41) is 4.51. The SMILES string of the molecule is CCCCCCc1nn(CCCc2ccccc2)c(=O)n(CCc2ccc(OC(C)(C)C(=O)OCC)cc2)c1=O. The molecule has 0 saturated heterocycles. The highest BCUT2D eigenvalue weighted by molar-refractivity contribution is 5.79. The van der Waals surface area contributed by atoms with E-state index in [2.05, 4.69) is 24.2 Å². The summed E-state index contributed by atoms with van der Waals surface area (Å²) in [5.41, 5.74) is 0.844. The number of hydrogen-bond donors (Lipinski definition) is 0. The fourth-order valence-corrected chi connectivity index (χ4v) is 4.52. The van der Waals surface area contributed by atoms with E-state index < -0.39 is 11.6 Å². The van der Waals surface area contributed by atoms with Crippen molar-refractivity contribution in [3.05, 3.63) is 92.3 Å².